The lowest BCUT2D eigenvalue weighted by molar-refractivity contribution is 0.0890. The van der Waals surface area contributed by atoms with Crippen LogP contribution in [-0.2, 0) is 0 Å². The highest BCUT2D eigenvalue weighted by atomic mass is 35.5. The summed E-state index contributed by atoms with van der Waals surface area (Å²) >= 11 is 6.11. The number of carbonyl (C=O) groups excluding carboxylic acids is 1. The summed E-state index contributed by atoms with van der Waals surface area (Å²) in [5.74, 6) is 0.745. The number of hydrogen-bond donors (Lipinski definition) is 0. The van der Waals surface area contributed by atoms with E-state index in [0.29, 0.717) is 28.9 Å². The summed E-state index contributed by atoms with van der Waals surface area (Å²) in [5, 5.41) is 0.492. The number of methoxy groups -OCH3 is 1. The van der Waals surface area contributed by atoms with Crippen LogP contribution in [0.4, 0.5) is 0 Å². The second kappa shape index (κ2) is 7.81. The van der Waals surface area contributed by atoms with Gasteiger partial charge in [0.15, 0.2) is 5.78 Å². The van der Waals surface area contributed by atoms with Crippen LogP contribution in [0.3, 0.4) is 0 Å². The first-order valence-electron chi connectivity index (χ1n) is 7.76. The van der Waals surface area contributed by atoms with Gasteiger partial charge < -0.3 is 4.74 Å². The average molecular weight is 310 g/mol. The van der Waals surface area contributed by atoms with E-state index in [0.717, 1.165) is 13.0 Å². The molecule has 0 spiro atoms. The van der Waals surface area contributed by atoms with Gasteiger partial charge in [-0.05, 0) is 44.0 Å². The standard InChI is InChI=1S/C17H24ClNO2/c1-3-14-7-5-4-6-10-19(14)12-16(20)13-8-9-17(21-2)15(18)11-13/h8-9,11,14H,3-7,10,12H2,1-2H3. The zero-order chi connectivity index (χ0) is 15.2. The van der Waals surface area contributed by atoms with Gasteiger partial charge in [0.05, 0.1) is 18.7 Å². The lowest BCUT2D eigenvalue weighted by atomic mass is 10.1. The predicted octanol–water partition coefficient (Wildman–Crippen LogP) is 4.19. The molecule has 0 radical (unpaired) electrons. The molecule has 1 aliphatic heterocycles. The van der Waals surface area contributed by atoms with E-state index in [4.69, 9.17) is 16.3 Å². The van der Waals surface area contributed by atoms with Gasteiger partial charge in [-0.1, -0.05) is 31.4 Å². The molecule has 1 aliphatic rings. The first kappa shape index (κ1) is 16.3. The van der Waals surface area contributed by atoms with Crippen molar-refractivity contribution in [1.29, 1.82) is 0 Å². The van der Waals surface area contributed by atoms with E-state index in [9.17, 15) is 4.79 Å². The summed E-state index contributed by atoms with van der Waals surface area (Å²) in [6.07, 6.45) is 6.05. The maximum absolute atomic E-state index is 12.5. The molecule has 1 atom stereocenters. The Morgan fingerprint density at radius 1 is 1.38 bits per heavy atom. The van der Waals surface area contributed by atoms with Crippen LogP contribution in [-0.4, -0.2) is 36.9 Å². The predicted molar refractivity (Wildman–Crippen MR) is 86.5 cm³/mol. The van der Waals surface area contributed by atoms with Crippen LogP contribution in [0.25, 0.3) is 0 Å². The van der Waals surface area contributed by atoms with Crippen molar-refractivity contribution in [1.82, 2.24) is 4.90 Å². The third kappa shape index (κ3) is 4.21. The number of nitrogens with zero attached hydrogens (tertiary/aromatic N) is 1. The van der Waals surface area contributed by atoms with Crippen molar-refractivity contribution in [2.24, 2.45) is 0 Å². The highest BCUT2D eigenvalue weighted by Gasteiger charge is 2.22. The molecule has 1 heterocycles. The third-order valence-corrected chi connectivity index (χ3v) is 4.59. The first-order valence-corrected chi connectivity index (χ1v) is 8.14. The third-order valence-electron chi connectivity index (χ3n) is 4.29. The van der Waals surface area contributed by atoms with Gasteiger partial charge in [-0.15, -0.1) is 0 Å². The van der Waals surface area contributed by atoms with Crippen LogP contribution in [0.2, 0.25) is 5.02 Å². The van der Waals surface area contributed by atoms with Crippen LogP contribution in [0.5, 0.6) is 5.75 Å². The molecule has 0 aromatic heterocycles. The Bertz CT molecular complexity index is 490. The van der Waals surface area contributed by atoms with Crippen molar-refractivity contribution in [2.45, 2.75) is 45.1 Å². The van der Waals surface area contributed by atoms with Gasteiger partial charge in [-0.2, -0.15) is 0 Å². The van der Waals surface area contributed by atoms with E-state index in [1.54, 1.807) is 25.3 Å². The number of rotatable bonds is 5. The second-order valence-electron chi connectivity index (χ2n) is 5.65. The van der Waals surface area contributed by atoms with Crippen molar-refractivity contribution in [2.75, 3.05) is 20.2 Å². The Kier molecular flexibility index (Phi) is 6.07. The molecule has 1 unspecified atom stereocenters. The van der Waals surface area contributed by atoms with Crippen LogP contribution in [0, 0.1) is 0 Å². The van der Waals surface area contributed by atoms with Crippen molar-refractivity contribution < 1.29 is 9.53 Å². The summed E-state index contributed by atoms with van der Waals surface area (Å²) in [6, 6.07) is 5.80. The number of ether oxygens (including phenoxy) is 1. The average Bonchev–Trinajstić information content (AvgIpc) is 2.72. The molecule has 1 fully saturated rings. The van der Waals surface area contributed by atoms with Crippen LogP contribution in [0.15, 0.2) is 18.2 Å². The van der Waals surface area contributed by atoms with Crippen LogP contribution in [0.1, 0.15) is 49.4 Å². The summed E-state index contributed by atoms with van der Waals surface area (Å²) in [5.41, 5.74) is 0.667. The van der Waals surface area contributed by atoms with Crippen molar-refractivity contribution in [3.63, 3.8) is 0 Å². The van der Waals surface area contributed by atoms with Crippen molar-refractivity contribution in [3.05, 3.63) is 28.8 Å². The summed E-state index contributed by atoms with van der Waals surface area (Å²) in [7, 11) is 1.58. The van der Waals surface area contributed by atoms with E-state index < -0.39 is 0 Å². The minimum Gasteiger partial charge on any atom is -0.495 e. The number of likely N-dealkylation sites (tertiary alicyclic amines) is 1. The molecule has 0 saturated carbocycles. The molecule has 0 aliphatic carbocycles. The summed E-state index contributed by atoms with van der Waals surface area (Å²) in [4.78, 5) is 14.8. The lowest BCUT2D eigenvalue weighted by Gasteiger charge is -2.28. The quantitative estimate of drug-likeness (QED) is 0.764. The van der Waals surface area contributed by atoms with Crippen LogP contribution >= 0.6 is 11.6 Å². The minimum atomic E-state index is 0.139. The normalized spacial score (nSPS) is 20.0. The summed E-state index contributed by atoms with van der Waals surface area (Å²) < 4.78 is 5.13. The van der Waals surface area contributed by atoms with Crippen LogP contribution < -0.4 is 4.74 Å². The van der Waals surface area contributed by atoms with E-state index in [2.05, 4.69) is 11.8 Å². The van der Waals surface area contributed by atoms with Gasteiger partial charge in [0, 0.05) is 11.6 Å². The molecule has 0 amide bonds. The maximum Gasteiger partial charge on any atom is 0.176 e. The minimum absolute atomic E-state index is 0.139. The Labute approximate surface area is 132 Å². The van der Waals surface area contributed by atoms with Gasteiger partial charge in [0.25, 0.3) is 0 Å². The van der Waals surface area contributed by atoms with E-state index in [-0.39, 0.29) is 5.78 Å². The van der Waals surface area contributed by atoms with Crippen molar-refractivity contribution >= 4 is 17.4 Å². The van der Waals surface area contributed by atoms with Gasteiger partial charge >= 0.3 is 0 Å². The fraction of sp³-hybridized carbons (Fsp3) is 0.588. The molecule has 2 rings (SSSR count). The fourth-order valence-corrected chi connectivity index (χ4v) is 3.28. The van der Waals surface area contributed by atoms with Gasteiger partial charge in [0.1, 0.15) is 5.75 Å². The lowest BCUT2D eigenvalue weighted by Crippen LogP contribution is -2.38. The molecular formula is C17H24ClNO2. The smallest absolute Gasteiger partial charge is 0.176 e. The van der Waals surface area contributed by atoms with Gasteiger partial charge in [-0.25, -0.2) is 0 Å². The molecule has 116 valence electrons. The zero-order valence-corrected chi connectivity index (χ0v) is 13.7. The fourth-order valence-electron chi connectivity index (χ4n) is 3.02. The SMILES string of the molecule is CCC1CCCCCN1CC(=O)c1ccc(OC)c(Cl)c1. The highest BCUT2D eigenvalue weighted by Crippen LogP contribution is 2.26. The van der Waals surface area contributed by atoms with E-state index in [1.165, 1.54) is 25.7 Å². The number of ketones is 1. The number of Topliss-reactive ketones (excluding diaryl/α,β-unsaturated/α-hetero) is 1. The Balaban J connectivity index is 2.07. The molecule has 1 saturated heterocycles. The van der Waals surface area contributed by atoms with Crippen molar-refractivity contribution in [3.8, 4) is 5.75 Å². The number of carbonyl (C=O) groups is 1. The van der Waals surface area contributed by atoms with E-state index >= 15 is 0 Å². The number of halogens is 1. The zero-order valence-electron chi connectivity index (χ0n) is 12.9. The van der Waals surface area contributed by atoms with E-state index in [1.807, 2.05) is 0 Å². The Morgan fingerprint density at radius 3 is 2.86 bits per heavy atom. The highest BCUT2D eigenvalue weighted by molar-refractivity contribution is 6.32. The molecule has 21 heavy (non-hydrogen) atoms. The molecular weight excluding hydrogens is 286 g/mol. The molecule has 0 N–H and O–H groups in total. The summed E-state index contributed by atoms with van der Waals surface area (Å²) in [6.45, 7) is 3.72. The molecule has 4 heteroatoms. The monoisotopic (exact) mass is 309 g/mol. The second-order valence-corrected chi connectivity index (χ2v) is 6.06. The molecule has 3 nitrogen and oxygen atoms in total. The Hall–Kier alpha value is -1.06. The Morgan fingerprint density at radius 2 is 2.19 bits per heavy atom. The van der Waals surface area contributed by atoms with Gasteiger partial charge in [0.2, 0.25) is 0 Å². The maximum atomic E-state index is 12.5. The molecule has 1 aromatic rings. The van der Waals surface area contributed by atoms with Gasteiger partial charge in [-0.3, -0.25) is 9.69 Å². The largest absolute Gasteiger partial charge is 0.495 e. The number of hydrogen-bond acceptors (Lipinski definition) is 3. The molecule has 0 bridgehead atoms. The number of benzene rings is 1. The first-order chi connectivity index (χ1) is 10.2. The topological polar surface area (TPSA) is 29.5 Å². The molecule has 1 aromatic carbocycles.